The summed E-state index contributed by atoms with van der Waals surface area (Å²) >= 11 is 3.34. The van der Waals surface area contributed by atoms with Crippen LogP contribution in [0.5, 0.6) is 0 Å². The van der Waals surface area contributed by atoms with Crippen LogP contribution < -0.4 is 0 Å². The molecule has 1 aromatic rings. The van der Waals surface area contributed by atoms with Crippen LogP contribution in [0.2, 0.25) is 0 Å². The summed E-state index contributed by atoms with van der Waals surface area (Å²) in [4.78, 5) is 0. The van der Waals surface area contributed by atoms with E-state index < -0.39 is 0 Å². The van der Waals surface area contributed by atoms with Gasteiger partial charge in [-0.1, -0.05) is 22.5 Å². The highest BCUT2D eigenvalue weighted by molar-refractivity contribution is 9.11. The molecule has 1 aliphatic carbocycles. The van der Waals surface area contributed by atoms with Gasteiger partial charge < -0.3 is 9.67 Å². The maximum absolute atomic E-state index is 9.76. The van der Waals surface area contributed by atoms with Crippen LogP contribution >= 0.6 is 15.9 Å². The summed E-state index contributed by atoms with van der Waals surface area (Å²) < 4.78 is 3.04. The molecule has 0 spiro atoms. The third-order valence-electron chi connectivity index (χ3n) is 2.63. The van der Waals surface area contributed by atoms with E-state index in [1.807, 2.05) is 6.20 Å². The van der Waals surface area contributed by atoms with Crippen molar-refractivity contribution in [3.8, 4) is 0 Å². The van der Waals surface area contributed by atoms with Crippen LogP contribution in [-0.4, -0.2) is 9.67 Å². The van der Waals surface area contributed by atoms with Crippen LogP contribution in [0.1, 0.15) is 30.1 Å². The zero-order valence-corrected chi connectivity index (χ0v) is 9.63. The van der Waals surface area contributed by atoms with Crippen molar-refractivity contribution in [3.63, 3.8) is 0 Å². The van der Waals surface area contributed by atoms with Crippen molar-refractivity contribution < 1.29 is 5.11 Å². The number of allylic oxidation sites excluding steroid dienone is 1. The number of hydrogen-bond acceptors (Lipinski definition) is 1. The molecular formula is C11H14BrNO. The van der Waals surface area contributed by atoms with Gasteiger partial charge in [0.15, 0.2) is 0 Å². The zero-order valence-electron chi connectivity index (χ0n) is 8.04. The van der Waals surface area contributed by atoms with Crippen molar-refractivity contribution in [1.82, 2.24) is 4.57 Å². The summed E-state index contributed by atoms with van der Waals surface area (Å²) in [6.45, 7) is 4.59. The molecule has 1 unspecified atom stereocenters. The smallest absolute Gasteiger partial charge is 0.0807 e. The van der Waals surface area contributed by atoms with Crippen molar-refractivity contribution >= 4 is 15.9 Å². The number of aliphatic hydroxyl groups excluding tert-OH is 1. The number of rotatable bonds is 2. The number of aliphatic hydroxyl groups is 1. The third-order valence-corrected chi connectivity index (χ3v) is 2.88. The first-order valence-corrected chi connectivity index (χ1v) is 5.66. The molecule has 76 valence electrons. The minimum Gasteiger partial charge on any atom is -0.388 e. The first kappa shape index (κ1) is 9.99. The highest BCUT2D eigenvalue weighted by Crippen LogP contribution is 2.30. The molecule has 2 rings (SSSR count). The molecule has 0 radical (unpaired) electrons. The van der Waals surface area contributed by atoms with Gasteiger partial charge in [-0.25, -0.2) is 0 Å². The van der Waals surface area contributed by atoms with Gasteiger partial charge in [0.2, 0.25) is 0 Å². The minimum atomic E-state index is -0.261. The largest absolute Gasteiger partial charge is 0.388 e. The lowest BCUT2D eigenvalue weighted by molar-refractivity contribution is 0.157. The van der Waals surface area contributed by atoms with Crippen molar-refractivity contribution in [1.29, 1.82) is 0 Å². The zero-order chi connectivity index (χ0) is 10.1. The van der Waals surface area contributed by atoms with E-state index in [0.29, 0.717) is 0 Å². The summed E-state index contributed by atoms with van der Waals surface area (Å²) in [6, 6.07) is 0. The number of nitrogens with zero attached hydrogens (tertiary/aromatic N) is 1. The molecule has 0 saturated heterocycles. The van der Waals surface area contributed by atoms with E-state index in [-0.39, 0.29) is 6.10 Å². The fourth-order valence-electron chi connectivity index (χ4n) is 2.01. The van der Waals surface area contributed by atoms with Crippen LogP contribution in [-0.2, 0) is 13.0 Å². The van der Waals surface area contributed by atoms with Crippen molar-refractivity contribution in [2.75, 3.05) is 0 Å². The normalized spacial score (nSPS) is 20.6. The summed E-state index contributed by atoms with van der Waals surface area (Å²) in [5.74, 6) is 0. The van der Waals surface area contributed by atoms with E-state index in [1.165, 1.54) is 5.56 Å². The molecule has 14 heavy (non-hydrogen) atoms. The van der Waals surface area contributed by atoms with Crippen LogP contribution in [0.3, 0.4) is 0 Å². The maximum Gasteiger partial charge on any atom is 0.0807 e. The Bertz CT molecular complexity index is 356. The number of aromatic nitrogens is 1. The van der Waals surface area contributed by atoms with Gasteiger partial charge in [0, 0.05) is 22.4 Å². The number of aryl methyl sites for hydroxylation is 1. The van der Waals surface area contributed by atoms with Crippen LogP contribution in [0, 0.1) is 0 Å². The Morgan fingerprint density at radius 2 is 2.43 bits per heavy atom. The van der Waals surface area contributed by atoms with Gasteiger partial charge in [0.1, 0.15) is 0 Å². The standard InChI is InChI=1S/C11H14BrNO/c1-8(12)5-13-6-9-3-2-4-11(14)10(9)7-13/h6-7,11,14H,1-5H2. The van der Waals surface area contributed by atoms with Crippen LogP contribution in [0.4, 0.5) is 0 Å². The average molecular weight is 256 g/mol. The van der Waals surface area contributed by atoms with Gasteiger partial charge in [0.05, 0.1) is 12.6 Å². The molecule has 0 saturated carbocycles. The summed E-state index contributed by atoms with van der Waals surface area (Å²) in [6.07, 6.45) is 6.97. The second-order valence-electron chi connectivity index (χ2n) is 3.84. The number of hydrogen-bond donors (Lipinski definition) is 1. The second-order valence-corrected chi connectivity index (χ2v) is 4.96. The van der Waals surface area contributed by atoms with Crippen LogP contribution in [0.25, 0.3) is 0 Å². The molecule has 0 bridgehead atoms. The van der Waals surface area contributed by atoms with Gasteiger partial charge >= 0.3 is 0 Å². The van der Waals surface area contributed by atoms with Gasteiger partial charge in [-0.3, -0.25) is 0 Å². The molecule has 0 fully saturated rings. The molecule has 1 atom stereocenters. The maximum atomic E-state index is 9.76. The number of halogens is 1. The second kappa shape index (κ2) is 3.91. The Morgan fingerprint density at radius 1 is 1.64 bits per heavy atom. The fraction of sp³-hybridized carbons (Fsp3) is 0.455. The summed E-state index contributed by atoms with van der Waals surface area (Å²) in [7, 11) is 0. The Kier molecular flexibility index (Phi) is 2.79. The average Bonchev–Trinajstić information content (AvgIpc) is 2.47. The Hall–Kier alpha value is -0.540. The van der Waals surface area contributed by atoms with E-state index in [1.54, 1.807) is 0 Å². The lowest BCUT2D eigenvalue weighted by atomic mass is 9.93. The lowest BCUT2D eigenvalue weighted by Gasteiger charge is -2.16. The molecular weight excluding hydrogens is 242 g/mol. The van der Waals surface area contributed by atoms with Gasteiger partial charge in [0.25, 0.3) is 0 Å². The Morgan fingerprint density at radius 3 is 3.07 bits per heavy atom. The molecule has 1 aromatic heterocycles. The molecule has 1 heterocycles. The first-order valence-electron chi connectivity index (χ1n) is 4.86. The molecule has 1 N–H and O–H groups in total. The predicted molar refractivity (Wildman–Crippen MR) is 60.4 cm³/mol. The Balaban J connectivity index is 2.26. The van der Waals surface area contributed by atoms with Crippen molar-refractivity contribution in [2.45, 2.75) is 31.9 Å². The monoisotopic (exact) mass is 255 g/mol. The predicted octanol–water partition coefficient (Wildman–Crippen LogP) is 2.77. The highest BCUT2D eigenvalue weighted by Gasteiger charge is 2.19. The minimum absolute atomic E-state index is 0.261. The summed E-state index contributed by atoms with van der Waals surface area (Å²) in [5.41, 5.74) is 2.39. The fourth-order valence-corrected chi connectivity index (χ4v) is 2.30. The molecule has 2 nitrogen and oxygen atoms in total. The van der Waals surface area contributed by atoms with Crippen LogP contribution in [0.15, 0.2) is 23.5 Å². The van der Waals surface area contributed by atoms with Crippen molar-refractivity contribution in [3.05, 3.63) is 34.6 Å². The molecule has 0 aromatic carbocycles. The molecule has 0 aliphatic heterocycles. The van der Waals surface area contributed by atoms with Gasteiger partial charge in [-0.2, -0.15) is 0 Å². The van der Waals surface area contributed by atoms with E-state index in [9.17, 15) is 5.11 Å². The summed E-state index contributed by atoms with van der Waals surface area (Å²) in [5, 5.41) is 9.76. The molecule has 1 aliphatic rings. The van der Waals surface area contributed by atoms with E-state index in [2.05, 4.69) is 33.3 Å². The third kappa shape index (κ3) is 1.93. The quantitative estimate of drug-likeness (QED) is 0.864. The lowest BCUT2D eigenvalue weighted by Crippen LogP contribution is -2.05. The highest BCUT2D eigenvalue weighted by atomic mass is 79.9. The SMILES string of the molecule is C=C(Br)Cn1cc2c(c1)C(O)CCC2. The Labute approximate surface area is 92.4 Å². The van der Waals surface area contributed by atoms with E-state index >= 15 is 0 Å². The number of fused-ring (bicyclic) bond motifs is 1. The van der Waals surface area contributed by atoms with Gasteiger partial charge in [-0.15, -0.1) is 0 Å². The topological polar surface area (TPSA) is 25.2 Å². The molecule has 3 heteroatoms. The van der Waals surface area contributed by atoms with Crippen molar-refractivity contribution in [2.24, 2.45) is 0 Å². The molecule has 0 amide bonds. The van der Waals surface area contributed by atoms with E-state index in [0.717, 1.165) is 35.9 Å². The van der Waals surface area contributed by atoms with Gasteiger partial charge in [-0.05, 0) is 24.8 Å². The first-order chi connectivity index (χ1) is 6.66. The van der Waals surface area contributed by atoms with E-state index in [4.69, 9.17) is 0 Å².